The molecule has 134 valence electrons. The van der Waals surface area contributed by atoms with E-state index in [-0.39, 0.29) is 5.91 Å². The number of nitrogens with one attached hydrogen (secondary N) is 2. The van der Waals surface area contributed by atoms with E-state index in [0.717, 1.165) is 48.4 Å². The fraction of sp³-hybridized carbons (Fsp3) is 0.368. The van der Waals surface area contributed by atoms with Crippen LogP contribution >= 0.6 is 0 Å². The van der Waals surface area contributed by atoms with Gasteiger partial charge in [0.25, 0.3) is 0 Å². The zero-order chi connectivity index (χ0) is 17.9. The average Bonchev–Trinajstić information content (AvgIpc) is 3.07. The normalized spacial score (nSPS) is 20.0. The van der Waals surface area contributed by atoms with Crippen LogP contribution in [0.1, 0.15) is 32.6 Å². The first-order chi connectivity index (χ1) is 12.7. The highest BCUT2D eigenvalue weighted by Crippen LogP contribution is 2.23. The fourth-order valence-corrected chi connectivity index (χ4v) is 3.55. The van der Waals surface area contributed by atoms with E-state index in [1.807, 2.05) is 35.0 Å². The molecule has 1 fully saturated rings. The number of carbonyl (C=O) groups is 1. The van der Waals surface area contributed by atoms with Crippen LogP contribution in [0.25, 0.3) is 16.9 Å². The topological polar surface area (TPSA) is 84.2 Å². The summed E-state index contributed by atoms with van der Waals surface area (Å²) in [6.07, 6.45) is 9.39. The van der Waals surface area contributed by atoms with Gasteiger partial charge in [0.1, 0.15) is 5.82 Å². The molecule has 4 rings (SSSR count). The lowest BCUT2D eigenvalue weighted by molar-refractivity contribution is -0.119. The van der Waals surface area contributed by atoms with Gasteiger partial charge in [-0.05, 0) is 49.9 Å². The molecular formula is C19H22N6O. The minimum atomic E-state index is 0.0530. The van der Waals surface area contributed by atoms with E-state index in [9.17, 15) is 4.79 Å². The number of rotatable bonds is 4. The van der Waals surface area contributed by atoms with E-state index in [1.54, 1.807) is 19.3 Å². The molecule has 0 saturated heterocycles. The Kier molecular flexibility index (Phi) is 4.51. The molecule has 3 heterocycles. The van der Waals surface area contributed by atoms with Crippen molar-refractivity contribution in [2.45, 2.75) is 44.7 Å². The van der Waals surface area contributed by atoms with E-state index in [1.165, 1.54) is 0 Å². The van der Waals surface area contributed by atoms with Crippen molar-refractivity contribution >= 4 is 17.4 Å². The lowest BCUT2D eigenvalue weighted by Gasteiger charge is -2.29. The molecule has 0 unspecified atom stereocenters. The van der Waals surface area contributed by atoms with Gasteiger partial charge in [-0.15, -0.1) is 5.10 Å². The third-order valence-electron chi connectivity index (χ3n) is 4.82. The monoisotopic (exact) mass is 350 g/mol. The molecule has 0 radical (unpaired) electrons. The van der Waals surface area contributed by atoms with Gasteiger partial charge in [0, 0.05) is 37.0 Å². The molecule has 0 aromatic carbocycles. The predicted molar refractivity (Wildman–Crippen MR) is 99.7 cm³/mol. The molecule has 3 aromatic heterocycles. The van der Waals surface area contributed by atoms with Gasteiger partial charge in [-0.1, -0.05) is 0 Å². The lowest BCUT2D eigenvalue weighted by atomic mass is 9.91. The van der Waals surface area contributed by atoms with E-state index in [0.29, 0.717) is 12.1 Å². The zero-order valence-corrected chi connectivity index (χ0v) is 14.7. The summed E-state index contributed by atoms with van der Waals surface area (Å²) in [6, 6.07) is 8.52. The molecule has 1 saturated carbocycles. The summed E-state index contributed by atoms with van der Waals surface area (Å²) in [5, 5.41) is 11.3. The Balaban J connectivity index is 1.49. The third-order valence-corrected chi connectivity index (χ3v) is 4.82. The fourth-order valence-electron chi connectivity index (χ4n) is 3.55. The number of imidazole rings is 1. The summed E-state index contributed by atoms with van der Waals surface area (Å²) in [5.74, 6) is 0.894. The van der Waals surface area contributed by atoms with Gasteiger partial charge in [0.05, 0.1) is 11.9 Å². The number of carbonyl (C=O) groups excluding carboxylic acids is 1. The van der Waals surface area contributed by atoms with Crippen LogP contribution in [-0.4, -0.2) is 37.6 Å². The molecule has 26 heavy (non-hydrogen) atoms. The summed E-state index contributed by atoms with van der Waals surface area (Å²) < 4.78 is 1.86. The Morgan fingerprint density at radius 3 is 2.54 bits per heavy atom. The van der Waals surface area contributed by atoms with Gasteiger partial charge >= 0.3 is 0 Å². The van der Waals surface area contributed by atoms with Crippen LogP contribution in [0.2, 0.25) is 0 Å². The van der Waals surface area contributed by atoms with Crippen molar-refractivity contribution in [1.82, 2.24) is 24.9 Å². The van der Waals surface area contributed by atoms with Crippen molar-refractivity contribution in [2.24, 2.45) is 0 Å². The standard InChI is InChI=1S/C19H22N6O/c1-13(26)22-15-2-4-16(5-3-15)23-18-6-7-19-21-12-17(25(19)24-18)14-8-10-20-11-9-14/h6-12,15-16H,2-5H2,1H3,(H,22,26)(H,23,24)/t15-,16-. The molecular weight excluding hydrogens is 328 g/mol. The van der Waals surface area contributed by atoms with E-state index < -0.39 is 0 Å². The lowest BCUT2D eigenvalue weighted by Crippen LogP contribution is -2.39. The average molecular weight is 350 g/mol. The zero-order valence-electron chi connectivity index (χ0n) is 14.7. The summed E-state index contributed by atoms with van der Waals surface area (Å²) in [6.45, 7) is 1.58. The van der Waals surface area contributed by atoms with Crippen molar-refractivity contribution in [3.8, 4) is 11.3 Å². The maximum atomic E-state index is 11.2. The van der Waals surface area contributed by atoms with Crippen molar-refractivity contribution < 1.29 is 4.79 Å². The summed E-state index contributed by atoms with van der Waals surface area (Å²) in [5.41, 5.74) is 2.80. The number of hydrogen-bond donors (Lipinski definition) is 2. The van der Waals surface area contributed by atoms with Crippen LogP contribution in [0, 0.1) is 0 Å². The van der Waals surface area contributed by atoms with Crippen LogP contribution in [-0.2, 0) is 4.79 Å². The molecule has 0 aliphatic heterocycles. The van der Waals surface area contributed by atoms with Crippen molar-refractivity contribution in [3.63, 3.8) is 0 Å². The molecule has 2 N–H and O–H groups in total. The van der Waals surface area contributed by atoms with Crippen LogP contribution < -0.4 is 10.6 Å². The van der Waals surface area contributed by atoms with Crippen LogP contribution in [0.4, 0.5) is 5.82 Å². The van der Waals surface area contributed by atoms with Gasteiger partial charge in [-0.3, -0.25) is 9.78 Å². The number of amides is 1. The molecule has 0 spiro atoms. The molecule has 1 amide bonds. The maximum Gasteiger partial charge on any atom is 0.217 e. The number of hydrogen-bond acceptors (Lipinski definition) is 5. The summed E-state index contributed by atoms with van der Waals surface area (Å²) >= 11 is 0. The number of fused-ring (bicyclic) bond motifs is 1. The molecule has 7 heteroatoms. The first kappa shape index (κ1) is 16.5. The van der Waals surface area contributed by atoms with Crippen LogP contribution in [0.15, 0.2) is 42.9 Å². The SMILES string of the molecule is CC(=O)N[C@H]1CC[C@H](Nc2ccc3ncc(-c4ccncc4)n3n2)CC1. The number of aromatic nitrogens is 4. The quantitative estimate of drug-likeness (QED) is 0.756. The molecule has 0 atom stereocenters. The smallest absolute Gasteiger partial charge is 0.217 e. The largest absolute Gasteiger partial charge is 0.366 e. The Bertz CT molecular complexity index is 899. The molecule has 1 aliphatic rings. The van der Waals surface area contributed by atoms with Crippen molar-refractivity contribution in [2.75, 3.05) is 5.32 Å². The number of anilines is 1. The predicted octanol–water partition coefficient (Wildman–Crippen LogP) is 2.65. The Hall–Kier alpha value is -2.96. The van der Waals surface area contributed by atoms with Gasteiger partial charge in [0.15, 0.2) is 5.65 Å². The maximum absolute atomic E-state index is 11.2. The highest BCUT2D eigenvalue weighted by atomic mass is 16.1. The minimum absolute atomic E-state index is 0.0530. The summed E-state index contributed by atoms with van der Waals surface area (Å²) in [4.78, 5) is 19.7. The van der Waals surface area contributed by atoms with Crippen molar-refractivity contribution in [1.29, 1.82) is 0 Å². The minimum Gasteiger partial charge on any atom is -0.366 e. The Morgan fingerprint density at radius 1 is 1.08 bits per heavy atom. The van der Waals surface area contributed by atoms with Gasteiger partial charge in [-0.2, -0.15) is 0 Å². The second-order valence-electron chi connectivity index (χ2n) is 6.76. The first-order valence-corrected chi connectivity index (χ1v) is 8.98. The number of nitrogens with zero attached hydrogens (tertiary/aromatic N) is 4. The molecule has 7 nitrogen and oxygen atoms in total. The Labute approximate surface area is 151 Å². The highest BCUT2D eigenvalue weighted by molar-refractivity contribution is 5.73. The first-order valence-electron chi connectivity index (χ1n) is 8.98. The number of pyridine rings is 1. The van der Waals surface area contributed by atoms with Gasteiger partial charge < -0.3 is 10.6 Å². The molecule has 1 aliphatic carbocycles. The van der Waals surface area contributed by atoms with E-state index in [4.69, 9.17) is 5.10 Å². The van der Waals surface area contributed by atoms with E-state index in [2.05, 4.69) is 20.6 Å². The van der Waals surface area contributed by atoms with Crippen LogP contribution in [0.5, 0.6) is 0 Å². The summed E-state index contributed by atoms with van der Waals surface area (Å²) in [7, 11) is 0. The van der Waals surface area contributed by atoms with Gasteiger partial charge in [-0.25, -0.2) is 9.50 Å². The molecule has 0 bridgehead atoms. The van der Waals surface area contributed by atoms with Gasteiger partial charge in [0.2, 0.25) is 5.91 Å². The molecule has 3 aromatic rings. The highest BCUT2D eigenvalue weighted by Gasteiger charge is 2.22. The third kappa shape index (κ3) is 3.51. The second kappa shape index (κ2) is 7.11. The van der Waals surface area contributed by atoms with E-state index >= 15 is 0 Å². The van der Waals surface area contributed by atoms with Crippen LogP contribution in [0.3, 0.4) is 0 Å². The second-order valence-corrected chi connectivity index (χ2v) is 6.76. The Morgan fingerprint density at radius 2 is 1.81 bits per heavy atom. The van der Waals surface area contributed by atoms with Crippen molar-refractivity contribution in [3.05, 3.63) is 42.9 Å².